The predicted molar refractivity (Wildman–Crippen MR) is 347 cm³/mol. The summed E-state index contributed by atoms with van der Waals surface area (Å²) in [7, 11) is 0. The molecule has 0 N–H and O–H groups in total. The third-order valence-corrected chi connectivity index (χ3v) is 17.3. The van der Waals surface area contributed by atoms with Gasteiger partial charge >= 0.3 is 0 Å². The van der Waals surface area contributed by atoms with Gasteiger partial charge in [-0.2, -0.15) is 4.98 Å². The molecule has 8 nitrogen and oxygen atoms in total. The molecule has 8 heteroatoms. The molecule has 1 saturated carbocycles. The average Bonchev–Trinajstić information content (AvgIpc) is 1.56. The van der Waals surface area contributed by atoms with Crippen molar-refractivity contribution < 1.29 is 1.37 Å². The van der Waals surface area contributed by atoms with Crippen molar-refractivity contribution in [2.75, 3.05) is 0 Å². The Hall–Kier alpha value is -11.0. The first-order chi connectivity index (χ1) is 42.6. The van der Waals surface area contributed by atoms with Crippen LogP contribution in [0.25, 0.3) is 145 Å². The van der Waals surface area contributed by atoms with Gasteiger partial charge in [-0.1, -0.05) is 219 Å². The van der Waals surface area contributed by atoms with Gasteiger partial charge in [-0.15, -0.1) is 0 Å². The lowest BCUT2D eigenvalue weighted by molar-refractivity contribution is 0.725. The quantitative estimate of drug-likeness (QED) is 0.137. The molecule has 0 bridgehead atoms. The fourth-order valence-electron chi connectivity index (χ4n) is 13.7. The zero-order valence-corrected chi connectivity index (χ0v) is 46.4. The molecular weight excluding hydrogens is 1040 g/mol. The van der Waals surface area contributed by atoms with Gasteiger partial charge in [0.25, 0.3) is 0 Å². The summed E-state index contributed by atoms with van der Waals surface area (Å²) in [5.74, 6) is 1.24. The largest absolute Gasteiger partial charge is 0.278 e. The van der Waals surface area contributed by atoms with E-state index in [9.17, 15) is 1.37 Å². The van der Waals surface area contributed by atoms with Crippen LogP contribution in [0, 0.1) is 0 Å². The van der Waals surface area contributed by atoms with E-state index in [1.807, 2.05) is 12.3 Å². The number of fused-ring (bicyclic) bond motifs is 10. The molecule has 85 heavy (non-hydrogen) atoms. The van der Waals surface area contributed by atoms with E-state index in [-0.39, 0.29) is 0 Å². The summed E-state index contributed by atoms with van der Waals surface area (Å²) in [5.41, 5.74) is 24.6. The smallest absolute Gasteiger partial charge is 0.222 e. The molecule has 0 saturated heterocycles. The predicted octanol–water partition coefficient (Wildman–Crippen LogP) is 19.3. The van der Waals surface area contributed by atoms with E-state index in [2.05, 4.69) is 279 Å². The Kier molecular flexibility index (Phi) is 11.2. The zero-order chi connectivity index (χ0) is 56.9. The van der Waals surface area contributed by atoms with Gasteiger partial charge in [-0.3, -0.25) is 17.9 Å². The van der Waals surface area contributed by atoms with Crippen LogP contribution >= 0.6 is 0 Å². The third kappa shape index (κ3) is 7.83. The van der Waals surface area contributed by atoms with Crippen molar-refractivity contribution in [2.45, 2.75) is 31.6 Å². The molecule has 1 aliphatic carbocycles. The van der Waals surface area contributed by atoms with Crippen molar-refractivity contribution in [1.29, 1.82) is 0 Å². The summed E-state index contributed by atoms with van der Waals surface area (Å²) < 4.78 is 19.1. The summed E-state index contributed by atoms with van der Waals surface area (Å²) >= 11 is 0. The van der Waals surface area contributed by atoms with Gasteiger partial charge < -0.3 is 0 Å². The summed E-state index contributed by atoms with van der Waals surface area (Å²) in [4.78, 5) is 21.5. The number of rotatable bonds is 10. The fraction of sp³-hybridized carbons (Fsp3) is 0.0649. The Morgan fingerprint density at radius 2 is 0.741 bits per heavy atom. The minimum atomic E-state index is -0.846. The molecular formula is C77H54N8. The number of imidazole rings is 4. The molecule has 1 fully saturated rings. The third-order valence-electron chi connectivity index (χ3n) is 17.3. The van der Waals surface area contributed by atoms with Crippen molar-refractivity contribution in [1.82, 2.24) is 37.9 Å². The van der Waals surface area contributed by atoms with Crippen LogP contribution in [0.1, 0.15) is 38.5 Å². The second-order valence-corrected chi connectivity index (χ2v) is 22.2. The standard InChI is InChI=1S/C77H54N8/c1-7-28-51(29-8-1)68-69(52-30-9-2-10-31-52)71(54-34-13-4-14-35-54)73(72(55-36-15-5-16-37-55)70(68)53-32-11-3-12-33-53)56-38-25-41-58(46-56)83-63-43-22-23-44-64(63)84-66-48-60(59(50-26-19-20-27-50)47-61(66)79-76(83)84)74-78-49-67-75(80-74)81-77-82(57-39-17-6-18-40-57)62-42-21-24-45-65(62)85(67)77/h1-18,21-25,28-50H,19-20,26-27H2/i50D. The molecule has 0 spiro atoms. The van der Waals surface area contributed by atoms with Gasteiger partial charge in [0, 0.05) is 18.3 Å². The zero-order valence-electron chi connectivity index (χ0n) is 47.4. The monoisotopic (exact) mass is 1090 g/mol. The Bertz CT molecular complexity index is 5170. The molecule has 17 rings (SSSR count). The first-order valence-corrected chi connectivity index (χ1v) is 29.3. The van der Waals surface area contributed by atoms with Crippen LogP contribution in [0.15, 0.2) is 273 Å². The van der Waals surface area contributed by atoms with Crippen LogP contribution in [0.4, 0.5) is 0 Å². The molecule has 0 radical (unpaired) electrons. The summed E-state index contributed by atoms with van der Waals surface area (Å²) in [6, 6.07) is 95.5. The molecule has 16 aromatic rings. The number of hydrogen-bond donors (Lipinski definition) is 0. The van der Waals surface area contributed by atoms with Crippen LogP contribution < -0.4 is 0 Å². The van der Waals surface area contributed by atoms with E-state index in [1.54, 1.807) is 0 Å². The maximum absolute atomic E-state index is 10.2. The van der Waals surface area contributed by atoms with Crippen LogP contribution in [0.3, 0.4) is 0 Å². The van der Waals surface area contributed by atoms with Crippen LogP contribution in [-0.2, 0) is 0 Å². The van der Waals surface area contributed by atoms with Crippen molar-refractivity contribution in [3.63, 3.8) is 0 Å². The van der Waals surface area contributed by atoms with Crippen molar-refractivity contribution in [2.24, 2.45) is 0 Å². The van der Waals surface area contributed by atoms with Gasteiger partial charge in [-0.25, -0.2) is 15.0 Å². The number of nitrogens with zero attached hydrogens (tertiary/aromatic N) is 8. The molecule has 0 atom stereocenters. The van der Waals surface area contributed by atoms with Gasteiger partial charge in [0.15, 0.2) is 11.5 Å². The average molecular weight is 1090 g/mol. The highest BCUT2D eigenvalue weighted by Gasteiger charge is 2.31. The van der Waals surface area contributed by atoms with Gasteiger partial charge in [-0.05, 0) is 152 Å². The van der Waals surface area contributed by atoms with E-state index < -0.39 is 5.89 Å². The van der Waals surface area contributed by atoms with Gasteiger partial charge in [0.2, 0.25) is 11.6 Å². The van der Waals surface area contributed by atoms with Crippen molar-refractivity contribution in [3.05, 3.63) is 279 Å². The summed E-state index contributed by atoms with van der Waals surface area (Å²) in [6.07, 6.45) is 5.35. The Labute approximate surface area is 492 Å². The first kappa shape index (κ1) is 47.7. The number of benzene rings is 11. The van der Waals surface area contributed by atoms with E-state index in [4.69, 9.17) is 19.9 Å². The molecule has 402 valence electrons. The highest BCUT2D eigenvalue weighted by Crippen LogP contribution is 2.56. The molecule has 0 amide bonds. The lowest BCUT2D eigenvalue weighted by Crippen LogP contribution is -2.02. The number of hydrogen-bond acceptors (Lipinski definition) is 4. The molecule has 1 aliphatic rings. The number of aromatic nitrogens is 8. The molecule has 0 unspecified atom stereocenters. The lowest BCUT2D eigenvalue weighted by Gasteiger charge is -2.29. The first-order valence-electron chi connectivity index (χ1n) is 29.8. The van der Waals surface area contributed by atoms with Crippen LogP contribution in [0.2, 0.25) is 0 Å². The molecule has 11 aromatic carbocycles. The summed E-state index contributed by atoms with van der Waals surface area (Å²) in [5, 5.41) is 0. The van der Waals surface area contributed by atoms with E-state index in [1.165, 1.54) is 5.56 Å². The minimum Gasteiger partial charge on any atom is -0.278 e. The molecule has 5 heterocycles. The fourth-order valence-corrected chi connectivity index (χ4v) is 13.7. The van der Waals surface area contributed by atoms with Gasteiger partial charge in [0.1, 0.15) is 5.52 Å². The van der Waals surface area contributed by atoms with E-state index in [0.29, 0.717) is 11.5 Å². The summed E-state index contributed by atoms with van der Waals surface area (Å²) in [6.45, 7) is 0. The van der Waals surface area contributed by atoms with Crippen molar-refractivity contribution in [3.8, 4) is 89.5 Å². The SMILES string of the molecule is [2H]C1(c2cc3nc4n(-c5cccc(-c6c(-c7ccccc7)c(-c7ccccc7)c(-c7ccccc7)c(-c7ccccc7)c6-c6ccccc6)c5)c5ccccc5n4c3cc2-c2ncc3c(n2)nc2n(-c4ccccc4)c4ccccc4n32)CCCC1. The lowest BCUT2D eigenvalue weighted by atomic mass is 9.74. The van der Waals surface area contributed by atoms with Crippen LogP contribution in [0.5, 0.6) is 0 Å². The topological polar surface area (TPSA) is 70.2 Å². The highest BCUT2D eigenvalue weighted by molar-refractivity contribution is 6.15. The normalized spacial score (nSPS) is 13.5. The Balaban J connectivity index is 0.924. The minimum absolute atomic E-state index is 0.544. The van der Waals surface area contributed by atoms with Crippen LogP contribution in [-0.4, -0.2) is 37.9 Å². The Morgan fingerprint density at radius 1 is 0.341 bits per heavy atom. The highest BCUT2D eigenvalue weighted by atomic mass is 15.2. The maximum Gasteiger partial charge on any atom is 0.222 e. The molecule has 5 aromatic heterocycles. The Morgan fingerprint density at radius 3 is 1.25 bits per heavy atom. The number of para-hydroxylation sites is 5. The maximum atomic E-state index is 10.2. The second kappa shape index (κ2) is 19.9. The van der Waals surface area contributed by atoms with E-state index in [0.717, 1.165) is 160 Å². The molecule has 0 aliphatic heterocycles. The van der Waals surface area contributed by atoms with E-state index >= 15 is 0 Å². The van der Waals surface area contributed by atoms with Crippen molar-refractivity contribution >= 4 is 55.8 Å². The second-order valence-electron chi connectivity index (χ2n) is 22.2. The van der Waals surface area contributed by atoms with Gasteiger partial charge in [0.05, 0.1) is 39.3 Å².